The number of carbonyl (C=O) groups excluding carboxylic acids is 1. The van der Waals surface area contributed by atoms with E-state index in [1.807, 2.05) is 0 Å². The van der Waals surface area contributed by atoms with Gasteiger partial charge in [-0.1, -0.05) is 0 Å². The zero-order chi connectivity index (χ0) is 11.6. The number of amides is 1. The van der Waals surface area contributed by atoms with E-state index >= 15 is 0 Å². The van der Waals surface area contributed by atoms with Crippen molar-refractivity contribution in [2.75, 3.05) is 0 Å². The predicted molar refractivity (Wildman–Crippen MR) is 58.1 cm³/mol. The van der Waals surface area contributed by atoms with E-state index in [4.69, 9.17) is 11.5 Å². The molecule has 1 aromatic rings. The van der Waals surface area contributed by atoms with Gasteiger partial charge in [0.05, 0.1) is 6.54 Å². The maximum absolute atomic E-state index is 11.6. The van der Waals surface area contributed by atoms with Crippen molar-refractivity contribution in [3.63, 3.8) is 0 Å². The number of rotatable bonds is 3. The predicted octanol–water partition coefficient (Wildman–Crippen LogP) is -0.873. The van der Waals surface area contributed by atoms with Crippen LogP contribution in [-0.4, -0.2) is 21.5 Å². The van der Waals surface area contributed by atoms with E-state index in [0.29, 0.717) is 10.3 Å². The molecule has 4 N–H and O–H groups in total. The third-order valence-electron chi connectivity index (χ3n) is 1.95. The Bertz CT molecular complexity index is 443. The van der Waals surface area contributed by atoms with Crippen LogP contribution in [0.25, 0.3) is 0 Å². The summed E-state index contributed by atoms with van der Waals surface area (Å²) < 4.78 is 1.63. The first-order valence-electron chi connectivity index (χ1n) is 4.20. The fraction of sp³-hybridized carbons (Fsp3) is 0.375. The lowest BCUT2D eigenvalue weighted by molar-refractivity contribution is -0.119. The molecule has 0 bridgehead atoms. The topological polar surface area (TPSA) is 104 Å². The number of nitrogens with zero attached hydrogens (tertiary/aromatic N) is 2. The SMILES string of the molecule is Cc1ncc(Br)c(=O)n1CC(N)C(N)=O. The number of halogens is 1. The average molecular weight is 275 g/mol. The molecular weight excluding hydrogens is 264 g/mol. The summed E-state index contributed by atoms with van der Waals surface area (Å²) in [5.74, 6) is -0.166. The van der Waals surface area contributed by atoms with Crippen LogP contribution in [0.15, 0.2) is 15.5 Å². The number of hydrogen-bond acceptors (Lipinski definition) is 4. The minimum atomic E-state index is -0.891. The standard InChI is InChI=1S/C8H11BrN4O2/c1-4-12-2-5(9)8(15)13(4)3-6(10)7(11)14/h2,6H,3,10H2,1H3,(H2,11,14). The van der Waals surface area contributed by atoms with Gasteiger partial charge in [0.2, 0.25) is 5.91 Å². The van der Waals surface area contributed by atoms with Crippen molar-refractivity contribution in [2.24, 2.45) is 11.5 Å². The summed E-state index contributed by atoms with van der Waals surface area (Å²) in [4.78, 5) is 26.3. The van der Waals surface area contributed by atoms with Crippen molar-refractivity contribution in [2.45, 2.75) is 19.5 Å². The van der Waals surface area contributed by atoms with Crippen LogP contribution in [0.1, 0.15) is 5.82 Å². The lowest BCUT2D eigenvalue weighted by Gasteiger charge is -2.12. The lowest BCUT2D eigenvalue weighted by atomic mass is 10.3. The minimum absolute atomic E-state index is 0.0342. The van der Waals surface area contributed by atoms with E-state index in [0.717, 1.165) is 0 Å². The van der Waals surface area contributed by atoms with Crippen LogP contribution in [0.4, 0.5) is 0 Å². The van der Waals surface area contributed by atoms with Crippen molar-refractivity contribution >= 4 is 21.8 Å². The van der Waals surface area contributed by atoms with Gasteiger partial charge in [-0.15, -0.1) is 0 Å². The summed E-state index contributed by atoms with van der Waals surface area (Å²) in [6.45, 7) is 1.69. The monoisotopic (exact) mass is 274 g/mol. The smallest absolute Gasteiger partial charge is 0.267 e. The molecule has 1 aromatic heterocycles. The Kier molecular flexibility index (Phi) is 3.59. The number of primary amides is 1. The van der Waals surface area contributed by atoms with Crippen LogP contribution in [0.2, 0.25) is 0 Å². The quantitative estimate of drug-likeness (QED) is 0.747. The maximum Gasteiger partial charge on any atom is 0.267 e. The molecule has 0 aliphatic carbocycles. The van der Waals surface area contributed by atoms with E-state index in [2.05, 4.69) is 20.9 Å². The highest BCUT2D eigenvalue weighted by atomic mass is 79.9. The van der Waals surface area contributed by atoms with Gasteiger partial charge in [-0.2, -0.15) is 0 Å². The van der Waals surface area contributed by atoms with Gasteiger partial charge in [-0.25, -0.2) is 4.98 Å². The summed E-state index contributed by atoms with van der Waals surface area (Å²) in [6.07, 6.45) is 1.41. The molecule has 0 aliphatic heterocycles. The third kappa shape index (κ3) is 2.63. The van der Waals surface area contributed by atoms with E-state index in [1.165, 1.54) is 10.8 Å². The molecule has 1 amide bonds. The molecule has 15 heavy (non-hydrogen) atoms. The van der Waals surface area contributed by atoms with Crippen molar-refractivity contribution in [3.8, 4) is 0 Å². The van der Waals surface area contributed by atoms with Gasteiger partial charge in [0.1, 0.15) is 16.3 Å². The van der Waals surface area contributed by atoms with Crippen LogP contribution >= 0.6 is 15.9 Å². The van der Waals surface area contributed by atoms with Gasteiger partial charge < -0.3 is 11.5 Å². The summed E-state index contributed by atoms with van der Waals surface area (Å²) >= 11 is 3.05. The molecule has 6 nitrogen and oxygen atoms in total. The Hall–Kier alpha value is -1.21. The second kappa shape index (κ2) is 4.54. The highest BCUT2D eigenvalue weighted by Gasteiger charge is 2.13. The molecule has 0 aliphatic rings. The van der Waals surface area contributed by atoms with Crippen molar-refractivity contribution < 1.29 is 4.79 Å². The van der Waals surface area contributed by atoms with Crippen molar-refractivity contribution in [1.29, 1.82) is 0 Å². The second-order valence-electron chi connectivity index (χ2n) is 3.08. The molecule has 0 aromatic carbocycles. The number of hydrogen-bond donors (Lipinski definition) is 2. The normalized spacial score (nSPS) is 12.5. The van der Waals surface area contributed by atoms with Gasteiger partial charge in [0, 0.05) is 6.20 Å². The summed E-state index contributed by atoms with van der Waals surface area (Å²) in [5, 5.41) is 0. The largest absolute Gasteiger partial charge is 0.368 e. The van der Waals surface area contributed by atoms with Gasteiger partial charge in [0.15, 0.2) is 0 Å². The van der Waals surface area contributed by atoms with Gasteiger partial charge in [-0.05, 0) is 22.9 Å². The molecule has 82 valence electrons. The van der Waals surface area contributed by atoms with Crippen LogP contribution < -0.4 is 17.0 Å². The average Bonchev–Trinajstić information content (AvgIpc) is 2.18. The molecule has 1 unspecified atom stereocenters. The molecule has 1 atom stereocenters. The maximum atomic E-state index is 11.6. The number of carbonyl (C=O) groups is 1. The summed E-state index contributed by atoms with van der Waals surface area (Å²) in [7, 11) is 0. The molecule has 0 saturated carbocycles. The van der Waals surface area contributed by atoms with E-state index in [1.54, 1.807) is 6.92 Å². The fourth-order valence-corrected chi connectivity index (χ4v) is 1.37. The molecule has 0 saturated heterocycles. The van der Waals surface area contributed by atoms with Gasteiger partial charge in [0.25, 0.3) is 5.56 Å². The Morgan fingerprint density at radius 2 is 2.33 bits per heavy atom. The van der Waals surface area contributed by atoms with Crippen LogP contribution in [0, 0.1) is 6.92 Å². The van der Waals surface area contributed by atoms with E-state index in [9.17, 15) is 9.59 Å². The summed E-state index contributed by atoms with van der Waals surface area (Å²) in [6, 6.07) is -0.891. The molecular formula is C8H11BrN4O2. The minimum Gasteiger partial charge on any atom is -0.368 e. The van der Waals surface area contributed by atoms with E-state index < -0.39 is 11.9 Å². The molecule has 0 radical (unpaired) electrons. The molecule has 1 heterocycles. The lowest BCUT2D eigenvalue weighted by Crippen LogP contribution is -2.42. The molecule has 0 spiro atoms. The van der Waals surface area contributed by atoms with Crippen molar-refractivity contribution in [3.05, 3.63) is 26.8 Å². The molecule has 0 fully saturated rings. The Morgan fingerprint density at radius 1 is 1.73 bits per heavy atom. The van der Waals surface area contributed by atoms with Crippen LogP contribution in [-0.2, 0) is 11.3 Å². The summed E-state index contributed by atoms with van der Waals surface area (Å²) in [5.41, 5.74) is 10.2. The number of aromatic nitrogens is 2. The highest BCUT2D eigenvalue weighted by Crippen LogP contribution is 2.01. The van der Waals surface area contributed by atoms with E-state index in [-0.39, 0.29) is 12.1 Å². The number of nitrogens with two attached hydrogens (primary N) is 2. The fourth-order valence-electron chi connectivity index (χ4n) is 1.05. The third-order valence-corrected chi connectivity index (χ3v) is 2.49. The highest BCUT2D eigenvalue weighted by molar-refractivity contribution is 9.10. The zero-order valence-electron chi connectivity index (χ0n) is 8.11. The van der Waals surface area contributed by atoms with Gasteiger partial charge in [-0.3, -0.25) is 14.2 Å². The Balaban J connectivity index is 3.09. The number of aryl methyl sites for hydroxylation is 1. The van der Waals surface area contributed by atoms with Crippen molar-refractivity contribution in [1.82, 2.24) is 9.55 Å². The first-order valence-corrected chi connectivity index (χ1v) is 4.99. The van der Waals surface area contributed by atoms with Crippen LogP contribution in [0.5, 0.6) is 0 Å². The first-order chi connectivity index (χ1) is 6.93. The first kappa shape index (κ1) is 11.9. The molecule has 1 rings (SSSR count). The van der Waals surface area contributed by atoms with Crippen LogP contribution in [0.3, 0.4) is 0 Å². The Labute approximate surface area is 94.4 Å². The Morgan fingerprint density at radius 3 is 2.87 bits per heavy atom. The molecule has 7 heteroatoms. The zero-order valence-corrected chi connectivity index (χ0v) is 9.69. The van der Waals surface area contributed by atoms with Gasteiger partial charge >= 0.3 is 0 Å². The second-order valence-corrected chi connectivity index (χ2v) is 3.93.